The van der Waals surface area contributed by atoms with Crippen molar-refractivity contribution in [3.8, 4) is 11.1 Å². The molecule has 32 heavy (non-hydrogen) atoms. The maximum Gasteiger partial charge on any atom is 0.439 e. The lowest BCUT2D eigenvalue weighted by molar-refractivity contribution is -0.144. The molecular weight excluding hydrogens is 438 g/mol. The molecule has 3 N–H and O–H groups in total. The number of halogens is 1. The van der Waals surface area contributed by atoms with E-state index in [9.17, 15) is 19.5 Å². The first-order valence-corrected chi connectivity index (χ1v) is 10.2. The average Bonchev–Trinajstić information content (AvgIpc) is 3.20. The van der Waals surface area contributed by atoms with Crippen LogP contribution in [0.4, 0.5) is 0 Å². The van der Waals surface area contributed by atoms with Gasteiger partial charge in [-0.05, 0) is 46.8 Å². The molecule has 0 spiro atoms. The van der Waals surface area contributed by atoms with Gasteiger partial charge < -0.3 is 15.2 Å². The van der Waals surface area contributed by atoms with Gasteiger partial charge in [0.2, 0.25) is 5.82 Å². The van der Waals surface area contributed by atoms with Gasteiger partial charge in [0.15, 0.2) is 0 Å². The van der Waals surface area contributed by atoms with Gasteiger partial charge in [-0.25, -0.2) is 4.79 Å². The molecule has 0 saturated carbocycles. The summed E-state index contributed by atoms with van der Waals surface area (Å²) in [6.45, 7) is -0.00377. The molecule has 0 aliphatic heterocycles. The summed E-state index contributed by atoms with van der Waals surface area (Å²) in [6.07, 6.45) is 0.476. The van der Waals surface area contributed by atoms with E-state index in [0.717, 1.165) is 16.7 Å². The first kappa shape index (κ1) is 23.2. The minimum atomic E-state index is -1.03. The fourth-order valence-corrected chi connectivity index (χ4v) is 3.54. The summed E-state index contributed by atoms with van der Waals surface area (Å²) >= 11 is 6.06. The van der Waals surface area contributed by atoms with Crippen LogP contribution < -0.4 is 11.1 Å². The first-order chi connectivity index (χ1) is 15.4. The van der Waals surface area contributed by atoms with Crippen molar-refractivity contribution in [2.75, 3.05) is 13.7 Å². The molecule has 9 nitrogen and oxygen atoms in total. The Balaban J connectivity index is 1.78. The predicted molar refractivity (Wildman–Crippen MR) is 117 cm³/mol. The second kappa shape index (κ2) is 10.7. The molecule has 1 aromatic heterocycles. The molecule has 2 atom stereocenters. The molecule has 168 valence electrons. The highest BCUT2D eigenvalue weighted by atomic mass is 35.5. The van der Waals surface area contributed by atoms with Crippen LogP contribution in [-0.4, -0.2) is 46.9 Å². The van der Waals surface area contributed by atoms with Crippen LogP contribution in [0.5, 0.6) is 0 Å². The van der Waals surface area contributed by atoms with E-state index >= 15 is 0 Å². The zero-order valence-electron chi connectivity index (χ0n) is 17.2. The van der Waals surface area contributed by atoms with Crippen LogP contribution in [0.2, 0.25) is 5.02 Å². The molecule has 0 fully saturated rings. The van der Waals surface area contributed by atoms with Gasteiger partial charge in [-0.3, -0.25) is 19.1 Å². The number of ether oxygens (including phenoxy) is 1. The Kier molecular flexibility index (Phi) is 7.80. The second-order valence-electron chi connectivity index (χ2n) is 7.25. The zero-order chi connectivity index (χ0) is 23.1. The van der Waals surface area contributed by atoms with Gasteiger partial charge in [0.1, 0.15) is 0 Å². The number of aromatic nitrogens is 2. The predicted octanol–water partition coefficient (Wildman–Crippen LogP) is 2.76. The van der Waals surface area contributed by atoms with Gasteiger partial charge in [0.25, 0.3) is 5.91 Å². The van der Waals surface area contributed by atoms with Gasteiger partial charge in [-0.1, -0.05) is 48.0 Å². The van der Waals surface area contributed by atoms with Crippen LogP contribution in [-0.2, 0) is 16.0 Å². The quantitative estimate of drug-likeness (QED) is 0.424. The van der Waals surface area contributed by atoms with Gasteiger partial charge in [-0.2, -0.15) is 0 Å². The lowest BCUT2D eigenvalue weighted by Crippen LogP contribution is -2.40. The van der Waals surface area contributed by atoms with Crippen LogP contribution in [0.15, 0.2) is 57.8 Å². The SMILES string of the molecule is COC[C@H](C[C@@H](Cc1ccc(-c2cccc(Cl)c2)cc1)NC(=O)c1noc(=O)[nH]1)C(=O)O. The van der Waals surface area contributed by atoms with E-state index in [1.54, 1.807) is 6.07 Å². The molecule has 1 amide bonds. The number of nitrogens with zero attached hydrogens (tertiary/aromatic N) is 1. The fraction of sp³-hybridized carbons (Fsp3) is 0.273. The average molecular weight is 460 g/mol. The summed E-state index contributed by atoms with van der Waals surface area (Å²) in [7, 11) is 1.41. The Hall–Kier alpha value is -3.43. The maximum absolute atomic E-state index is 12.4. The molecule has 0 saturated heterocycles. The van der Waals surface area contributed by atoms with Crippen LogP contribution >= 0.6 is 11.6 Å². The summed E-state index contributed by atoms with van der Waals surface area (Å²) in [5.41, 5.74) is 2.83. The van der Waals surface area contributed by atoms with Crippen LogP contribution in [0.1, 0.15) is 22.6 Å². The number of carboxylic acids is 1. The number of rotatable bonds is 10. The molecule has 10 heteroatoms. The van der Waals surface area contributed by atoms with Crippen LogP contribution in [0, 0.1) is 5.92 Å². The fourth-order valence-electron chi connectivity index (χ4n) is 3.35. The molecule has 3 aromatic rings. The third-order valence-electron chi connectivity index (χ3n) is 4.87. The number of benzene rings is 2. The standard InChI is InChI=1S/C22H22ClN3O6/c1-31-12-16(21(28)29)11-18(24-20(27)19-25-22(30)32-26-19)9-13-5-7-14(8-6-13)15-3-2-4-17(23)10-15/h2-8,10,16,18H,9,11-12H2,1H3,(H,24,27)(H,28,29)(H,25,26,30)/t16-,18+/m0/s1. The maximum atomic E-state index is 12.4. The van der Waals surface area contributed by atoms with Gasteiger partial charge in [-0.15, -0.1) is 0 Å². The van der Waals surface area contributed by atoms with E-state index in [4.69, 9.17) is 16.3 Å². The number of carbonyl (C=O) groups excluding carboxylic acids is 1. The number of nitrogens with one attached hydrogen (secondary N) is 2. The smallest absolute Gasteiger partial charge is 0.439 e. The topological polar surface area (TPSA) is 135 Å². The Morgan fingerprint density at radius 1 is 1.22 bits per heavy atom. The van der Waals surface area contributed by atoms with E-state index in [1.165, 1.54) is 7.11 Å². The highest BCUT2D eigenvalue weighted by molar-refractivity contribution is 6.30. The molecule has 2 aromatic carbocycles. The zero-order valence-corrected chi connectivity index (χ0v) is 18.0. The normalized spacial score (nSPS) is 12.8. The lowest BCUT2D eigenvalue weighted by Gasteiger charge is -2.22. The van der Waals surface area contributed by atoms with Gasteiger partial charge in [0, 0.05) is 18.2 Å². The minimum absolute atomic E-state index is 0.00377. The molecule has 0 bridgehead atoms. The van der Waals surface area contributed by atoms with Crippen molar-refractivity contribution in [3.63, 3.8) is 0 Å². The van der Waals surface area contributed by atoms with Crippen molar-refractivity contribution in [1.29, 1.82) is 0 Å². The summed E-state index contributed by atoms with van der Waals surface area (Å²) in [4.78, 5) is 37.3. The van der Waals surface area contributed by atoms with E-state index in [2.05, 4.69) is 20.0 Å². The van der Waals surface area contributed by atoms with Crippen LogP contribution in [0.3, 0.4) is 0 Å². The van der Waals surface area contributed by atoms with E-state index in [0.29, 0.717) is 11.4 Å². The number of amides is 1. The molecule has 1 heterocycles. The number of aromatic amines is 1. The lowest BCUT2D eigenvalue weighted by atomic mass is 9.94. The molecule has 0 aliphatic rings. The third kappa shape index (κ3) is 6.29. The Morgan fingerprint density at radius 2 is 1.97 bits per heavy atom. The Bertz CT molecular complexity index is 1120. The molecule has 0 radical (unpaired) electrons. The number of H-pyrrole nitrogens is 1. The van der Waals surface area contributed by atoms with Crippen molar-refractivity contribution >= 4 is 23.5 Å². The molecule has 0 aliphatic carbocycles. The third-order valence-corrected chi connectivity index (χ3v) is 5.11. The van der Waals surface area contributed by atoms with Gasteiger partial charge >= 0.3 is 11.7 Å². The van der Waals surface area contributed by atoms with Crippen molar-refractivity contribution in [2.24, 2.45) is 5.92 Å². The van der Waals surface area contributed by atoms with Crippen molar-refractivity contribution in [1.82, 2.24) is 15.5 Å². The summed E-state index contributed by atoms with van der Waals surface area (Å²) in [5, 5.41) is 16.2. The van der Waals surface area contributed by atoms with E-state index in [-0.39, 0.29) is 18.9 Å². The molecule has 3 rings (SSSR count). The van der Waals surface area contributed by atoms with E-state index in [1.807, 2.05) is 42.5 Å². The molecular formula is C22H22ClN3O6. The summed E-state index contributed by atoms with van der Waals surface area (Å²) in [5.74, 6) is -3.66. The largest absolute Gasteiger partial charge is 0.481 e. The van der Waals surface area contributed by atoms with Crippen molar-refractivity contribution in [2.45, 2.75) is 18.9 Å². The number of carbonyl (C=O) groups is 2. The van der Waals surface area contributed by atoms with Gasteiger partial charge in [0.05, 0.1) is 12.5 Å². The number of carboxylic acid groups (broad SMARTS) is 1. The Labute approximate surface area is 188 Å². The number of hydrogen-bond acceptors (Lipinski definition) is 6. The van der Waals surface area contributed by atoms with Crippen LogP contribution in [0.25, 0.3) is 11.1 Å². The number of methoxy groups -OCH3 is 1. The van der Waals surface area contributed by atoms with E-state index < -0.39 is 29.6 Å². The minimum Gasteiger partial charge on any atom is -0.481 e. The number of hydrogen-bond donors (Lipinski definition) is 3. The highest BCUT2D eigenvalue weighted by Gasteiger charge is 2.25. The Morgan fingerprint density at radius 3 is 2.56 bits per heavy atom. The number of aliphatic carboxylic acids is 1. The highest BCUT2D eigenvalue weighted by Crippen LogP contribution is 2.24. The first-order valence-electron chi connectivity index (χ1n) is 9.79. The second-order valence-corrected chi connectivity index (χ2v) is 7.69. The monoisotopic (exact) mass is 459 g/mol. The molecule has 0 unspecified atom stereocenters. The summed E-state index contributed by atoms with van der Waals surface area (Å²) < 4.78 is 9.37. The van der Waals surface area contributed by atoms with Crippen molar-refractivity contribution < 1.29 is 24.0 Å². The van der Waals surface area contributed by atoms with Crippen molar-refractivity contribution in [3.05, 3.63) is 75.5 Å². The summed E-state index contributed by atoms with van der Waals surface area (Å²) in [6, 6.07) is 14.6.